The molecule has 8 unspecified atom stereocenters. The largest absolute Gasteiger partial charge is 0.492 e. The van der Waals surface area contributed by atoms with Crippen molar-refractivity contribution in [3.63, 3.8) is 0 Å². The molecule has 2 bridgehead atoms. The lowest BCUT2D eigenvalue weighted by atomic mass is 9.69. The Bertz CT molecular complexity index is 914. The molecule has 0 spiro atoms. The molecule has 4 fully saturated rings. The highest BCUT2D eigenvalue weighted by molar-refractivity contribution is 6.25. The van der Waals surface area contributed by atoms with Crippen molar-refractivity contribution in [1.82, 2.24) is 14.7 Å². The normalized spacial score (nSPS) is 45.9. The minimum atomic E-state index is -0.837. The molecule has 1 aliphatic carbocycles. The molecular weight excluding hydrogens is 390 g/mol. The van der Waals surface area contributed by atoms with Gasteiger partial charge < -0.3 is 19.7 Å². The Labute approximate surface area is 174 Å². The van der Waals surface area contributed by atoms with Crippen LogP contribution in [-0.2, 0) is 19.1 Å². The smallest absolute Gasteiger partial charge is 0.226 e. The van der Waals surface area contributed by atoms with Gasteiger partial charge in [-0.2, -0.15) is 0 Å². The molecule has 162 valence electrons. The first-order valence-electron chi connectivity index (χ1n) is 10.7. The van der Waals surface area contributed by atoms with E-state index in [-0.39, 0.29) is 65.8 Å². The number of nitrogens with zero attached hydrogens (tertiary/aromatic N) is 3. The number of piperazine rings is 1. The fraction of sp³-hybridized carbons (Fsp3) is 0.714. The molecular formula is C21H27N3O6. The topological polar surface area (TPSA) is 103 Å². The Morgan fingerprint density at radius 3 is 2.67 bits per heavy atom. The van der Waals surface area contributed by atoms with Crippen LogP contribution in [0.3, 0.4) is 0 Å². The van der Waals surface area contributed by atoms with Gasteiger partial charge in [-0.05, 0) is 20.4 Å². The van der Waals surface area contributed by atoms with Crippen LogP contribution < -0.4 is 0 Å². The van der Waals surface area contributed by atoms with Crippen LogP contribution in [0.4, 0.5) is 0 Å². The zero-order chi connectivity index (χ0) is 21.1. The van der Waals surface area contributed by atoms with Crippen molar-refractivity contribution in [2.24, 2.45) is 5.92 Å². The number of aliphatic hydroxyl groups is 2. The van der Waals surface area contributed by atoms with Crippen LogP contribution in [0.25, 0.3) is 0 Å². The van der Waals surface area contributed by atoms with Crippen molar-refractivity contribution < 1.29 is 29.3 Å². The van der Waals surface area contributed by atoms with Crippen LogP contribution >= 0.6 is 0 Å². The van der Waals surface area contributed by atoms with Crippen molar-refractivity contribution in [3.05, 3.63) is 22.5 Å². The van der Waals surface area contributed by atoms with Gasteiger partial charge >= 0.3 is 0 Å². The first-order valence-corrected chi connectivity index (χ1v) is 10.7. The molecule has 6 rings (SSSR count). The Hall–Kier alpha value is -1.62. The molecule has 9 heteroatoms. The molecule has 0 radical (unpaired) electrons. The molecule has 5 aliphatic heterocycles. The second-order valence-electron chi connectivity index (χ2n) is 9.26. The zero-order valence-corrected chi connectivity index (χ0v) is 17.3. The second kappa shape index (κ2) is 6.21. The van der Waals surface area contributed by atoms with E-state index in [4.69, 9.17) is 9.47 Å². The molecule has 6 aliphatic rings. The number of methoxy groups -OCH3 is 1. The number of piperidine rings is 1. The molecule has 8 atom stereocenters. The van der Waals surface area contributed by atoms with E-state index in [2.05, 4.69) is 9.80 Å². The number of carbonyl (C=O) groups excluding carboxylic acids is 2. The van der Waals surface area contributed by atoms with Gasteiger partial charge in [0.1, 0.15) is 12.5 Å². The molecule has 0 aromatic heterocycles. The highest BCUT2D eigenvalue weighted by Gasteiger charge is 2.68. The average Bonchev–Trinajstić information content (AvgIpc) is 3.32. The lowest BCUT2D eigenvalue weighted by Crippen LogP contribution is -2.78. The third kappa shape index (κ3) is 1.99. The SMILES string of the molecule is COC1=C(C)C(=O)C2=C(C1=O)C(CO)N1C(O)C3CC4C(C1C2N1CCOC41)N3C. The Kier molecular flexibility index (Phi) is 3.95. The summed E-state index contributed by atoms with van der Waals surface area (Å²) in [5.41, 5.74) is 1.04. The Morgan fingerprint density at radius 2 is 1.97 bits per heavy atom. The molecule has 0 amide bonds. The van der Waals surface area contributed by atoms with Gasteiger partial charge in [0.15, 0.2) is 11.5 Å². The van der Waals surface area contributed by atoms with Gasteiger partial charge in [-0.15, -0.1) is 0 Å². The van der Waals surface area contributed by atoms with E-state index >= 15 is 0 Å². The number of fused-ring (bicyclic) bond motifs is 5. The number of aliphatic hydroxyl groups excluding tert-OH is 2. The Balaban J connectivity index is 1.61. The molecule has 0 saturated carbocycles. The number of rotatable bonds is 2. The van der Waals surface area contributed by atoms with E-state index in [0.717, 1.165) is 6.42 Å². The van der Waals surface area contributed by atoms with Crippen molar-refractivity contribution in [2.45, 2.75) is 56.0 Å². The minimum Gasteiger partial charge on any atom is -0.492 e. The van der Waals surface area contributed by atoms with Crippen LogP contribution in [0.1, 0.15) is 13.3 Å². The lowest BCUT2D eigenvalue weighted by molar-refractivity contribution is -0.187. The zero-order valence-electron chi connectivity index (χ0n) is 17.3. The summed E-state index contributed by atoms with van der Waals surface area (Å²) < 4.78 is 11.4. The van der Waals surface area contributed by atoms with Gasteiger partial charge in [-0.3, -0.25) is 24.3 Å². The van der Waals surface area contributed by atoms with Gasteiger partial charge in [0.2, 0.25) is 5.78 Å². The number of hydrogen-bond donors (Lipinski definition) is 2. The van der Waals surface area contributed by atoms with Crippen molar-refractivity contribution in [1.29, 1.82) is 0 Å². The first-order chi connectivity index (χ1) is 14.4. The van der Waals surface area contributed by atoms with Crippen molar-refractivity contribution in [3.8, 4) is 0 Å². The molecule has 4 saturated heterocycles. The monoisotopic (exact) mass is 417 g/mol. The van der Waals surface area contributed by atoms with Crippen molar-refractivity contribution >= 4 is 11.6 Å². The maximum absolute atomic E-state index is 13.6. The summed E-state index contributed by atoms with van der Waals surface area (Å²) in [7, 11) is 3.41. The summed E-state index contributed by atoms with van der Waals surface area (Å²) in [6.07, 6.45) is -0.184. The van der Waals surface area contributed by atoms with Gasteiger partial charge in [0.05, 0.1) is 32.4 Å². The van der Waals surface area contributed by atoms with E-state index in [0.29, 0.717) is 24.3 Å². The fourth-order valence-corrected chi connectivity index (χ4v) is 7.26. The number of ketones is 2. The standard InChI is InChI=1S/C21H27N3O6/c1-8-17(26)13-12(18(27)19(8)29-3)11(7-25)24-16-14-9(6-10(20(24)28)22(14)2)21-23(15(13)16)4-5-30-21/h9-11,14-16,20-21,25,28H,4-7H2,1-3H3. The van der Waals surface area contributed by atoms with Crippen LogP contribution in [0, 0.1) is 5.92 Å². The fourth-order valence-electron chi connectivity index (χ4n) is 7.26. The van der Waals surface area contributed by atoms with Crippen molar-refractivity contribution in [2.75, 3.05) is 33.9 Å². The quantitative estimate of drug-likeness (QED) is 0.518. The number of Topliss-reactive ketones (excluding diaryl/α,β-unsaturated/α-hetero) is 2. The first kappa shape index (κ1) is 19.1. The van der Waals surface area contributed by atoms with E-state index in [1.807, 2.05) is 11.9 Å². The lowest BCUT2D eigenvalue weighted by Gasteiger charge is -2.61. The molecule has 0 aromatic carbocycles. The van der Waals surface area contributed by atoms with Crippen LogP contribution in [-0.4, -0.2) is 113 Å². The summed E-state index contributed by atoms with van der Waals surface area (Å²) in [6.45, 7) is 2.54. The number of allylic oxidation sites excluding steroid dienone is 2. The summed E-state index contributed by atoms with van der Waals surface area (Å²) in [4.78, 5) is 33.3. The summed E-state index contributed by atoms with van der Waals surface area (Å²) in [5.74, 6) is -0.319. The number of hydrogen-bond acceptors (Lipinski definition) is 9. The van der Waals surface area contributed by atoms with Gasteiger partial charge in [-0.1, -0.05) is 0 Å². The minimum absolute atomic E-state index is 0.0325. The third-order valence-electron chi connectivity index (χ3n) is 8.33. The molecule has 0 aromatic rings. The van der Waals surface area contributed by atoms with Gasteiger partial charge in [0.25, 0.3) is 0 Å². The van der Waals surface area contributed by atoms with Gasteiger partial charge in [-0.25, -0.2) is 0 Å². The predicted octanol–water partition coefficient (Wildman–Crippen LogP) is -1.54. The van der Waals surface area contributed by atoms with E-state index in [1.54, 1.807) is 6.92 Å². The van der Waals surface area contributed by atoms with Crippen LogP contribution in [0.5, 0.6) is 0 Å². The van der Waals surface area contributed by atoms with Crippen LogP contribution in [0.2, 0.25) is 0 Å². The van der Waals surface area contributed by atoms with Crippen LogP contribution in [0.15, 0.2) is 22.5 Å². The van der Waals surface area contributed by atoms with E-state index < -0.39 is 12.3 Å². The molecule has 30 heavy (non-hydrogen) atoms. The summed E-state index contributed by atoms with van der Waals surface area (Å²) in [6, 6.07) is -1.31. The second-order valence-corrected chi connectivity index (χ2v) is 9.26. The van der Waals surface area contributed by atoms with Gasteiger partial charge in [0, 0.05) is 47.3 Å². The number of ether oxygens (including phenoxy) is 2. The van der Waals surface area contributed by atoms with E-state index in [1.165, 1.54) is 7.11 Å². The molecule has 5 heterocycles. The maximum atomic E-state index is 13.6. The average molecular weight is 417 g/mol. The molecule has 2 N–H and O–H groups in total. The summed E-state index contributed by atoms with van der Waals surface area (Å²) >= 11 is 0. The highest BCUT2D eigenvalue weighted by atomic mass is 16.5. The third-order valence-corrected chi connectivity index (χ3v) is 8.33. The Morgan fingerprint density at radius 1 is 1.20 bits per heavy atom. The van der Waals surface area contributed by atoms with E-state index in [9.17, 15) is 19.8 Å². The highest BCUT2D eigenvalue weighted by Crippen LogP contribution is 2.54. The molecule has 9 nitrogen and oxygen atoms in total. The summed E-state index contributed by atoms with van der Waals surface area (Å²) in [5, 5.41) is 21.7. The number of likely N-dealkylation sites (N-methyl/N-ethyl adjacent to an activating group) is 1. The predicted molar refractivity (Wildman–Crippen MR) is 103 cm³/mol. The number of carbonyl (C=O) groups is 2. The maximum Gasteiger partial charge on any atom is 0.226 e.